The van der Waals surface area contributed by atoms with Crippen molar-refractivity contribution in [2.24, 2.45) is 10.8 Å². The third kappa shape index (κ3) is 93.8. The fourth-order valence-electron chi connectivity index (χ4n) is 0.300. The standard InChI is InChI=1S/2C5H12O3.2C2H6O.4Mo.8O/c2*1-5(2-6,3-7)4-8;2*1-2-3;;;;;;;;;;;;/h2*6-8H,2-4H2,1H3;2*3H,2H2,1H3;;;;;;;;;;;;. The van der Waals surface area contributed by atoms with E-state index in [-0.39, 0.29) is 52.9 Å². The van der Waals surface area contributed by atoms with Gasteiger partial charge >= 0.3 is 101 Å². The van der Waals surface area contributed by atoms with Gasteiger partial charge in [-0.25, -0.2) is 0 Å². The molecule has 0 spiro atoms. The molecular formula is C14H36Mo4O16. The molecular weight excluding hydrogens is 808 g/mol. The summed E-state index contributed by atoms with van der Waals surface area (Å²) in [4.78, 5) is 0. The van der Waals surface area contributed by atoms with Crippen LogP contribution in [0.4, 0.5) is 0 Å². The Balaban J connectivity index is -0.0000000401. The second kappa shape index (κ2) is 59.1. The number of aliphatic hydroxyl groups is 8. The molecule has 0 aliphatic rings. The van der Waals surface area contributed by atoms with Crippen molar-refractivity contribution in [3.63, 3.8) is 0 Å². The van der Waals surface area contributed by atoms with E-state index in [2.05, 4.69) is 0 Å². The van der Waals surface area contributed by atoms with Crippen LogP contribution in [0.25, 0.3) is 0 Å². The molecule has 212 valence electrons. The van der Waals surface area contributed by atoms with Gasteiger partial charge in [-0.15, -0.1) is 0 Å². The molecule has 0 aromatic heterocycles. The number of aliphatic hydroxyl groups excluding tert-OH is 8. The average molecular weight is 844 g/mol. The summed E-state index contributed by atoms with van der Waals surface area (Å²) in [6.07, 6.45) is 0. The van der Waals surface area contributed by atoms with Gasteiger partial charge in [0.15, 0.2) is 0 Å². The first-order chi connectivity index (χ1) is 15.8. The second-order valence-electron chi connectivity index (χ2n) is 5.47. The molecule has 0 bridgehead atoms. The first-order valence-electron chi connectivity index (χ1n) is 8.40. The summed E-state index contributed by atoms with van der Waals surface area (Å²) in [5.74, 6) is 0. The summed E-state index contributed by atoms with van der Waals surface area (Å²) in [5, 5.41) is 65.9. The van der Waals surface area contributed by atoms with Crippen LogP contribution in [0.15, 0.2) is 0 Å². The normalized spacial score (nSPS) is 8.12. The van der Waals surface area contributed by atoms with Crippen LogP contribution in [0.5, 0.6) is 0 Å². The van der Waals surface area contributed by atoms with E-state index in [1.165, 1.54) is 0 Å². The monoisotopic (exact) mass is 852 g/mol. The maximum absolute atomic E-state index is 8.50. The summed E-state index contributed by atoms with van der Waals surface area (Å²) < 4.78 is 68.0. The van der Waals surface area contributed by atoms with Crippen LogP contribution in [-0.4, -0.2) is 93.7 Å². The summed E-state index contributed by atoms with van der Waals surface area (Å²) in [5.41, 5.74) is -1.42. The zero-order valence-corrected chi connectivity index (χ0v) is 27.2. The predicted molar refractivity (Wildman–Crippen MR) is 89.7 cm³/mol. The second-order valence-corrected chi connectivity index (χ2v) is 6.81. The zero-order valence-electron chi connectivity index (χ0n) is 19.1. The molecule has 0 unspecified atom stereocenters. The predicted octanol–water partition coefficient (Wildman–Crippen LogP) is -3.02. The van der Waals surface area contributed by atoms with Crippen LogP contribution < -0.4 is 0 Å². The van der Waals surface area contributed by atoms with Crippen molar-refractivity contribution in [2.45, 2.75) is 27.7 Å². The molecule has 0 atom stereocenters. The molecule has 0 aliphatic heterocycles. The Hall–Kier alpha value is 0.833. The fraction of sp³-hybridized carbons (Fsp3) is 1.00. The quantitative estimate of drug-likeness (QED) is 0.123. The van der Waals surface area contributed by atoms with Gasteiger partial charge in [-0.05, 0) is 13.8 Å². The number of hydrogen-bond donors (Lipinski definition) is 8. The summed E-state index contributed by atoms with van der Waals surface area (Å²) >= 11 is -8.12. The number of hydrogen-bond acceptors (Lipinski definition) is 16. The summed E-state index contributed by atoms with van der Waals surface area (Å²) in [6.45, 7) is 5.99. The van der Waals surface area contributed by atoms with Gasteiger partial charge in [0.25, 0.3) is 0 Å². The Labute approximate surface area is 231 Å². The molecule has 0 rings (SSSR count). The SMILES string of the molecule is CC(CO)(CO)CO.CC(CO)(CO)CO.CCO.CCO.[O]=[Mo]=[O].[O]=[Mo]=[O].[O]=[Mo]=[O].[O]=[Mo]=[O]. The molecule has 0 aromatic carbocycles. The molecule has 0 heterocycles. The Bertz CT molecular complexity index is 392. The molecule has 0 saturated heterocycles. The van der Waals surface area contributed by atoms with Crippen LogP contribution in [0.2, 0.25) is 0 Å². The molecule has 0 saturated carbocycles. The minimum absolute atomic E-state index is 0.181. The van der Waals surface area contributed by atoms with E-state index in [1.807, 2.05) is 0 Å². The van der Waals surface area contributed by atoms with Gasteiger partial charge in [-0.3, -0.25) is 0 Å². The number of rotatable bonds is 6. The van der Waals surface area contributed by atoms with Crippen molar-refractivity contribution in [3.8, 4) is 0 Å². The van der Waals surface area contributed by atoms with Crippen LogP contribution in [-0.2, 0) is 101 Å². The first-order valence-corrected chi connectivity index (χ1v) is 15.0. The Morgan fingerprint density at radius 1 is 0.412 bits per heavy atom. The molecule has 8 N–H and O–H groups in total. The van der Waals surface area contributed by atoms with Crippen molar-refractivity contribution in [1.82, 2.24) is 0 Å². The van der Waals surface area contributed by atoms with Gasteiger partial charge in [-0.1, -0.05) is 13.8 Å². The molecule has 20 heteroatoms. The third-order valence-corrected chi connectivity index (χ3v) is 2.29. The van der Waals surface area contributed by atoms with Gasteiger partial charge in [0.05, 0.1) is 39.6 Å². The average Bonchev–Trinajstić information content (AvgIpc) is 2.81. The van der Waals surface area contributed by atoms with Gasteiger partial charge < -0.3 is 40.9 Å². The van der Waals surface area contributed by atoms with Crippen LogP contribution in [0.3, 0.4) is 0 Å². The van der Waals surface area contributed by atoms with Crippen LogP contribution >= 0.6 is 0 Å². The third-order valence-electron chi connectivity index (χ3n) is 2.29. The molecule has 0 fully saturated rings. The van der Waals surface area contributed by atoms with E-state index in [9.17, 15) is 0 Å². The van der Waals surface area contributed by atoms with E-state index in [0.29, 0.717) is 0 Å². The van der Waals surface area contributed by atoms with E-state index < -0.39 is 84.8 Å². The maximum atomic E-state index is 8.50. The van der Waals surface area contributed by atoms with Crippen molar-refractivity contribution in [2.75, 3.05) is 52.9 Å². The van der Waals surface area contributed by atoms with Crippen LogP contribution in [0.1, 0.15) is 27.7 Å². The zero-order chi connectivity index (χ0) is 29.5. The van der Waals surface area contributed by atoms with Gasteiger partial charge in [0.1, 0.15) is 0 Å². The Kier molecular flexibility index (Phi) is 96.3. The molecule has 0 aromatic rings. The topological polar surface area (TPSA) is 298 Å². The molecule has 16 nitrogen and oxygen atoms in total. The van der Waals surface area contributed by atoms with E-state index in [1.54, 1.807) is 27.7 Å². The van der Waals surface area contributed by atoms with Crippen molar-refractivity contribution in [1.29, 1.82) is 0 Å². The fourth-order valence-corrected chi connectivity index (χ4v) is 0.300. The van der Waals surface area contributed by atoms with Gasteiger partial charge in [-0.2, -0.15) is 0 Å². The van der Waals surface area contributed by atoms with Crippen LogP contribution in [0, 0.1) is 10.8 Å². The van der Waals surface area contributed by atoms with Crippen molar-refractivity contribution in [3.05, 3.63) is 0 Å². The Morgan fingerprint density at radius 3 is 0.471 bits per heavy atom. The van der Waals surface area contributed by atoms with Crippen molar-refractivity contribution >= 4 is 0 Å². The van der Waals surface area contributed by atoms with Gasteiger partial charge in [0, 0.05) is 24.0 Å². The molecule has 34 heavy (non-hydrogen) atoms. The van der Waals surface area contributed by atoms with E-state index >= 15 is 0 Å². The van der Waals surface area contributed by atoms with E-state index in [4.69, 9.17) is 68.0 Å². The van der Waals surface area contributed by atoms with E-state index in [0.717, 1.165) is 0 Å². The van der Waals surface area contributed by atoms with Gasteiger partial charge in [0.2, 0.25) is 0 Å². The summed E-state index contributed by atoms with van der Waals surface area (Å²) in [7, 11) is 0. The summed E-state index contributed by atoms with van der Waals surface area (Å²) in [6, 6.07) is 0. The van der Waals surface area contributed by atoms with Crippen molar-refractivity contribution < 1.29 is 142 Å². The molecule has 0 aliphatic carbocycles. The Morgan fingerprint density at radius 2 is 0.471 bits per heavy atom. The molecule has 0 radical (unpaired) electrons. The minimum atomic E-state index is -2.03. The first kappa shape index (κ1) is 55.4. The molecule has 0 amide bonds.